The molecule has 0 unspecified atom stereocenters. The van der Waals surface area contributed by atoms with Crippen LogP contribution in [0, 0.1) is 5.82 Å². The van der Waals surface area contributed by atoms with Gasteiger partial charge in [0.15, 0.2) is 21.3 Å². The molecule has 4 aromatic rings. The fourth-order valence-corrected chi connectivity index (χ4v) is 5.25. The van der Waals surface area contributed by atoms with Gasteiger partial charge in [0.05, 0.1) is 11.8 Å². The van der Waals surface area contributed by atoms with E-state index in [-0.39, 0.29) is 34.4 Å². The summed E-state index contributed by atoms with van der Waals surface area (Å²) in [6.07, 6.45) is 4.12. The van der Waals surface area contributed by atoms with E-state index in [1.165, 1.54) is 28.2 Å². The number of nitrogens with zero attached hydrogens (tertiary/aromatic N) is 5. The van der Waals surface area contributed by atoms with Crippen molar-refractivity contribution in [2.45, 2.75) is 38.9 Å². The maximum Gasteiger partial charge on any atom is 0.281 e. The van der Waals surface area contributed by atoms with Gasteiger partial charge in [-0.15, -0.1) is 0 Å². The summed E-state index contributed by atoms with van der Waals surface area (Å²) < 4.78 is 15.8. The van der Waals surface area contributed by atoms with Gasteiger partial charge >= 0.3 is 0 Å². The molecule has 3 aromatic heterocycles. The summed E-state index contributed by atoms with van der Waals surface area (Å²) in [5.74, 6) is -0.372. The standard InChI is InChI=1S/C24H23FN6O2S/c1-2-30-20(16-10-11-26-14-17(16)25)29-22-19(23(30)33)28-24(34-22)31-12-6-9-18(31)21(32)27-13-15-7-4-3-5-8-15/h3-5,7-8,10-11,14,18H,2,6,9,12-13H2,1H3,(H,27,32)/t18-/m1/s1. The Morgan fingerprint density at radius 2 is 2.06 bits per heavy atom. The average molecular weight is 479 g/mol. The number of hydrogen-bond donors (Lipinski definition) is 1. The lowest BCUT2D eigenvalue weighted by molar-refractivity contribution is -0.122. The highest BCUT2D eigenvalue weighted by Gasteiger charge is 2.33. The summed E-state index contributed by atoms with van der Waals surface area (Å²) in [4.78, 5) is 41.5. The SMILES string of the molecule is CCn1c(-c2ccncc2F)nc2sc(N3CCC[C@@H]3C(=O)NCc3ccccc3)nc2c1=O. The zero-order valence-corrected chi connectivity index (χ0v) is 19.4. The first-order valence-corrected chi connectivity index (χ1v) is 12.0. The Morgan fingerprint density at radius 1 is 1.24 bits per heavy atom. The van der Waals surface area contributed by atoms with Gasteiger partial charge in [-0.2, -0.15) is 0 Å². The number of rotatable bonds is 6. The smallest absolute Gasteiger partial charge is 0.281 e. The molecule has 1 aliphatic heterocycles. The van der Waals surface area contributed by atoms with Crippen molar-refractivity contribution < 1.29 is 9.18 Å². The molecule has 0 bridgehead atoms. The van der Waals surface area contributed by atoms with Crippen molar-refractivity contribution in [3.63, 3.8) is 0 Å². The molecule has 0 spiro atoms. The first-order chi connectivity index (χ1) is 16.6. The monoisotopic (exact) mass is 478 g/mol. The number of nitrogens with one attached hydrogen (secondary N) is 1. The second-order valence-corrected chi connectivity index (χ2v) is 9.00. The predicted molar refractivity (Wildman–Crippen MR) is 129 cm³/mol. The maximum atomic E-state index is 14.4. The van der Waals surface area contributed by atoms with Crippen LogP contribution >= 0.6 is 11.3 Å². The molecule has 0 saturated carbocycles. The summed E-state index contributed by atoms with van der Waals surface area (Å²) in [6.45, 7) is 3.24. The number of anilines is 1. The molecule has 1 N–H and O–H groups in total. The molecule has 4 heterocycles. The van der Waals surface area contributed by atoms with Gasteiger partial charge in [-0.05, 0) is 31.4 Å². The number of fused-ring (bicyclic) bond motifs is 1. The number of benzene rings is 1. The van der Waals surface area contributed by atoms with E-state index >= 15 is 0 Å². The third-order valence-electron chi connectivity index (χ3n) is 5.95. The molecule has 1 atom stereocenters. The number of aromatic nitrogens is 4. The molecule has 0 aliphatic carbocycles. The van der Waals surface area contributed by atoms with Gasteiger partial charge in [0.1, 0.15) is 11.9 Å². The third-order valence-corrected chi connectivity index (χ3v) is 6.94. The van der Waals surface area contributed by atoms with Crippen molar-refractivity contribution in [3.05, 3.63) is 70.5 Å². The van der Waals surface area contributed by atoms with E-state index in [1.807, 2.05) is 35.2 Å². The van der Waals surface area contributed by atoms with Crippen LogP contribution in [0.5, 0.6) is 0 Å². The lowest BCUT2D eigenvalue weighted by Crippen LogP contribution is -2.43. The van der Waals surface area contributed by atoms with Crippen LogP contribution < -0.4 is 15.8 Å². The number of carbonyl (C=O) groups is 1. The highest BCUT2D eigenvalue weighted by atomic mass is 32.1. The fraction of sp³-hybridized carbons (Fsp3) is 0.292. The predicted octanol–water partition coefficient (Wildman–Crippen LogP) is 3.36. The average Bonchev–Trinajstić information content (AvgIpc) is 3.51. The van der Waals surface area contributed by atoms with Crippen molar-refractivity contribution in [1.82, 2.24) is 24.8 Å². The minimum atomic E-state index is -0.546. The van der Waals surface area contributed by atoms with E-state index in [0.717, 1.165) is 18.2 Å². The van der Waals surface area contributed by atoms with Crippen LogP contribution in [-0.4, -0.2) is 38.0 Å². The Hall–Kier alpha value is -3.66. The van der Waals surface area contributed by atoms with E-state index in [4.69, 9.17) is 0 Å². The summed E-state index contributed by atoms with van der Waals surface area (Å²) in [5.41, 5.74) is 1.15. The molecule has 0 radical (unpaired) electrons. The molecule has 10 heteroatoms. The van der Waals surface area contributed by atoms with E-state index in [1.54, 1.807) is 6.92 Å². The molecular formula is C24H23FN6O2S. The van der Waals surface area contributed by atoms with Crippen LogP contribution in [0.1, 0.15) is 25.3 Å². The third kappa shape index (κ3) is 4.05. The summed E-state index contributed by atoms with van der Waals surface area (Å²) in [5, 5.41) is 3.58. The van der Waals surface area contributed by atoms with Crippen LogP contribution in [-0.2, 0) is 17.9 Å². The first-order valence-electron chi connectivity index (χ1n) is 11.2. The van der Waals surface area contributed by atoms with Crippen molar-refractivity contribution in [1.29, 1.82) is 0 Å². The van der Waals surface area contributed by atoms with Gasteiger partial charge in [-0.25, -0.2) is 14.4 Å². The molecule has 1 amide bonds. The van der Waals surface area contributed by atoms with Crippen molar-refractivity contribution >= 4 is 32.7 Å². The highest BCUT2D eigenvalue weighted by Crippen LogP contribution is 2.33. The van der Waals surface area contributed by atoms with Gasteiger partial charge < -0.3 is 10.2 Å². The van der Waals surface area contributed by atoms with Crippen LogP contribution in [0.15, 0.2) is 53.6 Å². The molecule has 174 valence electrons. The van der Waals surface area contributed by atoms with Crippen molar-refractivity contribution in [3.8, 4) is 11.4 Å². The molecule has 1 aromatic carbocycles. The van der Waals surface area contributed by atoms with Gasteiger partial charge in [0, 0.05) is 25.8 Å². The van der Waals surface area contributed by atoms with Crippen LogP contribution in [0.2, 0.25) is 0 Å². The van der Waals surface area contributed by atoms with Crippen LogP contribution in [0.4, 0.5) is 9.52 Å². The van der Waals surface area contributed by atoms with Crippen LogP contribution in [0.3, 0.4) is 0 Å². The number of carbonyl (C=O) groups excluding carboxylic acids is 1. The largest absolute Gasteiger partial charge is 0.350 e. The molecule has 1 fully saturated rings. The molecule has 5 rings (SSSR count). The first kappa shape index (κ1) is 22.1. The van der Waals surface area contributed by atoms with Crippen molar-refractivity contribution in [2.24, 2.45) is 0 Å². The zero-order valence-electron chi connectivity index (χ0n) is 18.6. The van der Waals surface area contributed by atoms with E-state index in [0.29, 0.717) is 36.0 Å². The van der Waals surface area contributed by atoms with Gasteiger partial charge in [-0.3, -0.25) is 19.1 Å². The lowest BCUT2D eigenvalue weighted by Gasteiger charge is -2.23. The van der Waals surface area contributed by atoms with Gasteiger partial charge in [-0.1, -0.05) is 41.7 Å². The zero-order chi connectivity index (χ0) is 23.7. The molecule has 1 saturated heterocycles. The second kappa shape index (κ2) is 9.30. The minimum Gasteiger partial charge on any atom is -0.350 e. The second-order valence-electron chi connectivity index (χ2n) is 8.05. The highest BCUT2D eigenvalue weighted by molar-refractivity contribution is 7.21. The topological polar surface area (TPSA) is 93.0 Å². The number of pyridine rings is 1. The summed E-state index contributed by atoms with van der Waals surface area (Å²) in [6, 6.07) is 10.9. The molecule has 34 heavy (non-hydrogen) atoms. The number of halogens is 1. The van der Waals surface area contributed by atoms with Gasteiger partial charge in [0.2, 0.25) is 5.91 Å². The van der Waals surface area contributed by atoms with Gasteiger partial charge in [0.25, 0.3) is 5.56 Å². The Balaban J connectivity index is 1.47. The molecule has 1 aliphatic rings. The number of thiazole rings is 1. The quantitative estimate of drug-likeness (QED) is 0.457. The fourth-order valence-electron chi connectivity index (χ4n) is 4.25. The molecule has 8 nitrogen and oxygen atoms in total. The van der Waals surface area contributed by atoms with E-state index < -0.39 is 5.82 Å². The lowest BCUT2D eigenvalue weighted by atomic mass is 10.2. The summed E-state index contributed by atoms with van der Waals surface area (Å²) in [7, 11) is 0. The summed E-state index contributed by atoms with van der Waals surface area (Å²) >= 11 is 1.25. The Bertz CT molecular complexity index is 1400. The van der Waals surface area contributed by atoms with Crippen molar-refractivity contribution in [2.75, 3.05) is 11.4 Å². The van der Waals surface area contributed by atoms with E-state index in [9.17, 15) is 14.0 Å². The Kier molecular flexibility index (Phi) is 6.06. The van der Waals surface area contributed by atoms with E-state index in [2.05, 4.69) is 20.3 Å². The Morgan fingerprint density at radius 3 is 2.82 bits per heavy atom. The normalized spacial score (nSPS) is 15.7. The number of amides is 1. The Labute approximate surface area is 199 Å². The number of hydrogen-bond acceptors (Lipinski definition) is 7. The van der Waals surface area contributed by atoms with Crippen LogP contribution in [0.25, 0.3) is 21.7 Å². The maximum absolute atomic E-state index is 14.4. The minimum absolute atomic E-state index is 0.0703. The molecular weight excluding hydrogens is 455 g/mol.